The molecule has 1 aromatic heterocycles. The molecule has 0 aromatic carbocycles. The van der Waals surface area contributed by atoms with Crippen molar-refractivity contribution in [2.24, 2.45) is 0 Å². The average molecular weight is 236 g/mol. The zero-order valence-electron chi connectivity index (χ0n) is 10.6. The normalized spacial score (nSPS) is 12.5. The molecular weight excluding hydrogens is 216 g/mol. The second kappa shape index (κ2) is 7.01. The monoisotopic (exact) mass is 236 g/mol. The lowest BCUT2D eigenvalue weighted by Crippen LogP contribution is -2.30. The van der Waals surface area contributed by atoms with Crippen molar-refractivity contribution in [1.29, 1.82) is 0 Å². The van der Waals surface area contributed by atoms with Crippen LogP contribution in [0, 0.1) is 0 Å². The lowest BCUT2D eigenvalue weighted by Gasteiger charge is -2.20. The van der Waals surface area contributed by atoms with Gasteiger partial charge < -0.3 is 10.1 Å². The topological polar surface area (TPSA) is 51.2 Å². The summed E-state index contributed by atoms with van der Waals surface area (Å²) in [5, 5.41) is 3.34. The number of nitrogens with one attached hydrogen (secondary N) is 1. The minimum Gasteiger partial charge on any atom is -0.466 e. The lowest BCUT2D eigenvalue weighted by molar-refractivity contribution is -0.143. The zero-order chi connectivity index (χ0) is 12.7. The Labute approximate surface area is 102 Å². The van der Waals surface area contributed by atoms with Gasteiger partial charge in [-0.25, -0.2) is 0 Å². The summed E-state index contributed by atoms with van der Waals surface area (Å²) in [7, 11) is 0. The van der Waals surface area contributed by atoms with E-state index in [1.165, 1.54) is 0 Å². The molecular formula is C13H20N2O2. The zero-order valence-corrected chi connectivity index (χ0v) is 10.6. The van der Waals surface area contributed by atoms with E-state index in [0.29, 0.717) is 19.1 Å². The third-order valence-electron chi connectivity index (χ3n) is 2.30. The number of carbonyl (C=O) groups excluding carboxylic acids is 1. The molecule has 0 saturated heterocycles. The van der Waals surface area contributed by atoms with Crippen molar-refractivity contribution in [3.63, 3.8) is 0 Å². The molecule has 0 amide bonds. The first-order valence-electron chi connectivity index (χ1n) is 5.95. The van der Waals surface area contributed by atoms with Crippen molar-refractivity contribution >= 4 is 5.97 Å². The smallest absolute Gasteiger partial charge is 0.307 e. The molecule has 0 aliphatic carbocycles. The van der Waals surface area contributed by atoms with Crippen LogP contribution in [-0.2, 0) is 9.53 Å². The maximum Gasteiger partial charge on any atom is 0.307 e. The second-order valence-corrected chi connectivity index (χ2v) is 4.17. The van der Waals surface area contributed by atoms with Gasteiger partial charge in [0.2, 0.25) is 0 Å². The number of pyridine rings is 1. The molecule has 17 heavy (non-hydrogen) atoms. The molecule has 0 bridgehead atoms. The fraction of sp³-hybridized carbons (Fsp3) is 0.538. The molecule has 94 valence electrons. The van der Waals surface area contributed by atoms with Gasteiger partial charge in [-0.05, 0) is 18.6 Å². The van der Waals surface area contributed by atoms with Crippen molar-refractivity contribution in [1.82, 2.24) is 10.3 Å². The molecule has 1 unspecified atom stereocenters. The third kappa shape index (κ3) is 4.95. The molecule has 1 atom stereocenters. The Morgan fingerprint density at radius 3 is 2.82 bits per heavy atom. The van der Waals surface area contributed by atoms with E-state index in [-0.39, 0.29) is 12.0 Å². The minimum atomic E-state index is -0.186. The number of ether oxygens (including phenoxy) is 1. The highest BCUT2D eigenvalue weighted by atomic mass is 16.5. The van der Waals surface area contributed by atoms with Crippen LogP contribution in [0.25, 0.3) is 0 Å². The van der Waals surface area contributed by atoms with Gasteiger partial charge in [0.15, 0.2) is 0 Å². The fourth-order valence-corrected chi connectivity index (χ4v) is 1.64. The van der Waals surface area contributed by atoms with E-state index in [1.807, 2.05) is 19.1 Å². The van der Waals surface area contributed by atoms with Gasteiger partial charge in [0.05, 0.1) is 13.0 Å². The number of esters is 1. The maximum absolute atomic E-state index is 11.5. The summed E-state index contributed by atoms with van der Waals surface area (Å²) >= 11 is 0. The summed E-state index contributed by atoms with van der Waals surface area (Å²) in [5.74, 6) is -0.186. The standard InChI is InChI=1S/C13H20N2O2/c1-4-17-13(16)8-12(15-10(2)3)11-6-5-7-14-9-11/h5-7,9-10,12,15H,4,8H2,1-3H3. The average Bonchev–Trinajstić information content (AvgIpc) is 2.29. The van der Waals surface area contributed by atoms with Crippen molar-refractivity contribution in [3.8, 4) is 0 Å². The molecule has 1 heterocycles. The predicted molar refractivity (Wildman–Crippen MR) is 66.5 cm³/mol. The highest BCUT2D eigenvalue weighted by Crippen LogP contribution is 2.17. The molecule has 1 rings (SSSR count). The van der Waals surface area contributed by atoms with Crippen molar-refractivity contribution in [2.45, 2.75) is 39.3 Å². The first kappa shape index (κ1) is 13.6. The molecule has 0 spiro atoms. The molecule has 0 radical (unpaired) electrons. The molecule has 0 aliphatic heterocycles. The van der Waals surface area contributed by atoms with Crippen LogP contribution in [0.2, 0.25) is 0 Å². The largest absolute Gasteiger partial charge is 0.466 e. The van der Waals surface area contributed by atoms with Gasteiger partial charge in [-0.15, -0.1) is 0 Å². The van der Waals surface area contributed by atoms with Gasteiger partial charge in [0.25, 0.3) is 0 Å². The summed E-state index contributed by atoms with van der Waals surface area (Å²) in [4.78, 5) is 15.6. The molecule has 0 aliphatic rings. The number of nitrogens with zero attached hydrogens (tertiary/aromatic N) is 1. The molecule has 0 fully saturated rings. The van der Waals surface area contributed by atoms with Crippen LogP contribution in [0.4, 0.5) is 0 Å². The van der Waals surface area contributed by atoms with E-state index in [2.05, 4.69) is 24.1 Å². The molecule has 4 nitrogen and oxygen atoms in total. The Bertz CT molecular complexity index is 339. The highest BCUT2D eigenvalue weighted by Gasteiger charge is 2.17. The van der Waals surface area contributed by atoms with Gasteiger partial charge in [0, 0.05) is 24.5 Å². The van der Waals surface area contributed by atoms with Crippen LogP contribution >= 0.6 is 0 Å². The highest BCUT2D eigenvalue weighted by molar-refractivity contribution is 5.70. The Hall–Kier alpha value is -1.42. The summed E-state index contributed by atoms with van der Waals surface area (Å²) in [6.45, 7) is 6.33. The van der Waals surface area contributed by atoms with E-state index in [0.717, 1.165) is 5.56 Å². The minimum absolute atomic E-state index is 0.0391. The molecule has 1 aromatic rings. The van der Waals surface area contributed by atoms with Crippen LogP contribution < -0.4 is 5.32 Å². The van der Waals surface area contributed by atoms with E-state index >= 15 is 0 Å². The Balaban J connectivity index is 2.70. The number of hydrogen-bond donors (Lipinski definition) is 1. The predicted octanol–water partition coefficient (Wildman–Crippen LogP) is 2.07. The van der Waals surface area contributed by atoms with Crippen LogP contribution in [0.3, 0.4) is 0 Å². The van der Waals surface area contributed by atoms with Gasteiger partial charge in [-0.1, -0.05) is 19.9 Å². The number of carbonyl (C=O) groups is 1. The van der Waals surface area contributed by atoms with E-state index in [4.69, 9.17) is 4.74 Å². The quantitative estimate of drug-likeness (QED) is 0.768. The lowest BCUT2D eigenvalue weighted by atomic mass is 10.1. The number of hydrogen-bond acceptors (Lipinski definition) is 4. The van der Waals surface area contributed by atoms with Crippen molar-refractivity contribution in [3.05, 3.63) is 30.1 Å². The second-order valence-electron chi connectivity index (χ2n) is 4.17. The van der Waals surface area contributed by atoms with Gasteiger partial charge >= 0.3 is 5.97 Å². The Kier molecular flexibility index (Phi) is 5.63. The Morgan fingerprint density at radius 1 is 1.53 bits per heavy atom. The Morgan fingerprint density at radius 2 is 2.29 bits per heavy atom. The van der Waals surface area contributed by atoms with Crippen molar-refractivity contribution in [2.75, 3.05) is 6.61 Å². The summed E-state index contributed by atoms with van der Waals surface area (Å²) in [5.41, 5.74) is 1.01. The van der Waals surface area contributed by atoms with E-state index in [9.17, 15) is 4.79 Å². The molecule has 1 N–H and O–H groups in total. The molecule has 4 heteroatoms. The van der Waals surface area contributed by atoms with Crippen molar-refractivity contribution < 1.29 is 9.53 Å². The van der Waals surface area contributed by atoms with Crippen LogP contribution in [0.5, 0.6) is 0 Å². The van der Waals surface area contributed by atoms with Gasteiger partial charge in [-0.2, -0.15) is 0 Å². The third-order valence-corrected chi connectivity index (χ3v) is 2.30. The van der Waals surface area contributed by atoms with Crippen LogP contribution in [0.1, 0.15) is 38.8 Å². The van der Waals surface area contributed by atoms with Gasteiger partial charge in [-0.3, -0.25) is 9.78 Å². The first-order valence-corrected chi connectivity index (χ1v) is 5.95. The number of aromatic nitrogens is 1. The maximum atomic E-state index is 11.5. The summed E-state index contributed by atoms with van der Waals surface area (Å²) in [6, 6.07) is 4.10. The SMILES string of the molecule is CCOC(=O)CC(NC(C)C)c1cccnc1. The summed E-state index contributed by atoms with van der Waals surface area (Å²) in [6.07, 6.45) is 3.83. The van der Waals surface area contributed by atoms with E-state index < -0.39 is 0 Å². The van der Waals surface area contributed by atoms with E-state index in [1.54, 1.807) is 12.4 Å². The first-order chi connectivity index (χ1) is 8.13. The van der Waals surface area contributed by atoms with Crippen LogP contribution in [-0.4, -0.2) is 23.6 Å². The number of rotatable bonds is 6. The van der Waals surface area contributed by atoms with Gasteiger partial charge in [0.1, 0.15) is 0 Å². The summed E-state index contributed by atoms with van der Waals surface area (Å²) < 4.78 is 4.98. The molecule has 0 saturated carbocycles. The fourth-order valence-electron chi connectivity index (χ4n) is 1.64. The van der Waals surface area contributed by atoms with Crippen LogP contribution in [0.15, 0.2) is 24.5 Å².